The molecule has 4 nitrogen and oxygen atoms in total. The van der Waals surface area contributed by atoms with Gasteiger partial charge < -0.3 is 14.7 Å². The van der Waals surface area contributed by atoms with Crippen LogP contribution < -0.4 is 4.74 Å². The highest BCUT2D eigenvalue weighted by atomic mass is 35.5. The quantitative estimate of drug-likeness (QED) is 0.715. The Morgan fingerprint density at radius 2 is 2.17 bits per heavy atom. The number of nitrogens with zero attached hydrogens (tertiary/aromatic N) is 1. The molecule has 0 saturated carbocycles. The van der Waals surface area contributed by atoms with E-state index in [0.717, 1.165) is 4.90 Å². The molecule has 0 fully saturated rings. The molecule has 1 aliphatic carbocycles. The van der Waals surface area contributed by atoms with Gasteiger partial charge in [-0.1, -0.05) is 29.3 Å². The summed E-state index contributed by atoms with van der Waals surface area (Å²) in [7, 11) is 1.70. The van der Waals surface area contributed by atoms with Crippen LogP contribution in [0.2, 0.25) is 5.02 Å². The molecule has 24 heavy (non-hydrogen) atoms. The molecule has 0 aliphatic heterocycles. The van der Waals surface area contributed by atoms with Crippen molar-refractivity contribution in [3.05, 3.63) is 57.9 Å². The minimum Gasteiger partial charge on any atom is -0.480 e. The van der Waals surface area contributed by atoms with Crippen molar-refractivity contribution in [2.24, 2.45) is 0 Å². The number of benzene rings is 1. The first-order valence-corrected chi connectivity index (χ1v) is 9.10. The number of ether oxygens (including phenoxy) is 1. The largest absolute Gasteiger partial charge is 0.480 e. The van der Waals surface area contributed by atoms with Gasteiger partial charge in [0, 0.05) is 29.5 Å². The highest BCUT2D eigenvalue weighted by Gasteiger charge is 2.17. The fourth-order valence-corrected chi connectivity index (χ4v) is 3.09. The van der Waals surface area contributed by atoms with Gasteiger partial charge in [0.05, 0.1) is 10.7 Å². The summed E-state index contributed by atoms with van der Waals surface area (Å²) in [5.74, 6) is 0.0517. The third kappa shape index (κ3) is 4.97. The van der Waals surface area contributed by atoms with E-state index in [4.69, 9.17) is 33.0 Å². The zero-order valence-corrected chi connectivity index (χ0v) is 15.6. The van der Waals surface area contributed by atoms with Crippen LogP contribution in [0, 0.1) is 0 Å². The Bertz CT molecular complexity index is 729. The molecule has 1 N–H and O–H groups in total. The Morgan fingerprint density at radius 1 is 1.42 bits per heavy atom. The van der Waals surface area contributed by atoms with Gasteiger partial charge in [0.2, 0.25) is 0 Å². The lowest BCUT2D eigenvalue weighted by atomic mass is 10.2. The summed E-state index contributed by atoms with van der Waals surface area (Å²) in [4.78, 5) is 13.7. The van der Waals surface area contributed by atoms with Crippen LogP contribution in [-0.4, -0.2) is 35.8 Å². The van der Waals surface area contributed by atoms with Crippen molar-refractivity contribution in [1.82, 2.24) is 4.90 Å². The topological polar surface area (TPSA) is 49.8 Å². The Kier molecular flexibility index (Phi) is 6.66. The lowest BCUT2D eigenvalue weighted by molar-refractivity contribution is -0.137. The van der Waals surface area contributed by atoms with Crippen LogP contribution in [0.1, 0.15) is 6.42 Å². The van der Waals surface area contributed by atoms with Crippen molar-refractivity contribution >= 4 is 40.9 Å². The molecule has 7 heteroatoms. The summed E-state index contributed by atoms with van der Waals surface area (Å²) < 4.78 is 5.95. The molecule has 0 unspecified atom stereocenters. The van der Waals surface area contributed by atoms with Crippen LogP contribution in [-0.2, 0) is 4.79 Å². The molecule has 0 saturated heterocycles. The monoisotopic (exact) mass is 385 g/mol. The normalized spacial score (nSPS) is 14.2. The van der Waals surface area contributed by atoms with Gasteiger partial charge in [0.1, 0.15) is 18.1 Å². The molecule has 0 heterocycles. The average Bonchev–Trinajstić information content (AvgIpc) is 2.69. The number of allylic oxidation sites excluding steroid dienone is 4. The Labute approximate surface area is 155 Å². The SMILES string of the molecule is CSc1ccc(OC2=C(N(C)CC(=O)O)CC=CC(Cl)=C2)c(Cl)c1. The molecule has 0 spiro atoms. The molecule has 1 aliphatic rings. The van der Waals surface area contributed by atoms with Crippen molar-refractivity contribution in [2.75, 3.05) is 19.8 Å². The highest BCUT2D eigenvalue weighted by Crippen LogP contribution is 2.32. The minimum absolute atomic E-state index is 0.138. The fourth-order valence-electron chi connectivity index (χ4n) is 2.18. The van der Waals surface area contributed by atoms with Gasteiger partial charge in [-0.3, -0.25) is 4.79 Å². The number of rotatable bonds is 6. The second-order valence-corrected chi connectivity index (χ2v) is 6.82. The van der Waals surface area contributed by atoms with Gasteiger partial charge in [-0.2, -0.15) is 0 Å². The van der Waals surface area contributed by atoms with Gasteiger partial charge in [-0.05, 0) is 30.5 Å². The van der Waals surface area contributed by atoms with E-state index < -0.39 is 5.97 Å². The van der Waals surface area contributed by atoms with Crippen molar-refractivity contribution in [1.29, 1.82) is 0 Å². The molecule has 0 atom stereocenters. The Hall–Kier alpha value is -1.56. The van der Waals surface area contributed by atoms with Gasteiger partial charge >= 0.3 is 5.97 Å². The molecule has 1 aromatic carbocycles. The molecule has 128 valence electrons. The number of carboxylic acid groups (broad SMARTS) is 1. The van der Waals surface area contributed by atoms with Crippen LogP contribution in [0.3, 0.4) is 0 Å². The van der Waals surface area contributed by atoms with Crippen LogP contribution in [0.15, 0.2) is 57.8 Å². The molecule has 0 radical (unpaired) electrons. The van der Waals surface area contributed by atoms with Crippen molar-refractivity contribution in [3.63, 3.8) is 0 Å². The third-order valence-corrected chi connectivity index (χ3v) is 4.59. The van der Waals surface area contributed by atoms with E-state index in [-0.39, 0.29) is 6.54 Å². The highest BCUT2D eigenvalue weighted by molar-refractivity contribution is 7.98. The summed E-state index contributed by atoms with van der Waals surface area (Å²) >= 11 is 14.0. The van der Waals surface area contributed by atoms with Gasteiger partial charge in [-0.15, -0.1) is 11.8 Å². The molecular weight excluding hydrogens is 369 g/mol. The van der Waals surface area contributed by atoms with Crippen molar-refractivity contribution < 1.29 is 14.6 Å². The van der Waals surface area contributed by atoms with Gasteiger partial charge in [-0.25, -0.2) is 0 Å². The molecule has 2 rings (SSSR count). The van der Waals surface area contributed by atoms with E-state index in [0.29, 0.717) is 33.7 Å². The zero-order chi connectivity index (χ0) is 17.7. The number of halogens is 2. The summed E-state index contributed by atoms with van der Waals surface area (Å²) in [6, 6.07) is 5.52. The molecule has 0 bridgehead atoms. The lowest BCUT2D eigenvalue weighted by Crippen LogP contribution is -2.26. The number of thioether (sulfide) groups is 1. The molecule has 0 aromatic heterocycles. The number of likely N-dealkylation sites (N-methyl/N-ethyl adjacent to an activating group) is 1. The maximum absolute atomic E-state index is 11.0. The van der Waals surface area contributed by atoms with Crippen LogP contribution in [0.4, 0.5) is 0 Å². The number of carbonyl (C=O) groups is 1. The second-order valence-electron chi connectivity index (χ2n) is 5.09. The summed E-state index contributed by atoms with van der Waals surface area (Å²) in [6.07, 6.45) is 7.75. The Morgan fingerprint density at radius 3 is 2.79 bits per heavy atom. The number of hydrogen-bond acceptors (Lipinski definition) is 4. The van der Waals surface area contributed by atoms with E-state index in [1.807, 2.05) is 24.5 Å². The van der Waals surface area contributed by atoms with E-state index >= 15 is 0 Å². The maximum Gasteiger partial charge on any atom is 0.323 e. The number of hydrogen-bond donors (Lipinski definition) is 1. The van der Waals surface area contributed by atoms with Gasteiger partial charge in [0.15, 0.2) is 0 Å². The van der Waals surface area contributed by atoms with E-state index in [1.54, 1.807) is 41.9 Å². The predicted molar refractivity (Wildman–Crippen MR) is 98.8 cm³/mol. The van der Waals surface area contributed by atoms with Crippen LogP contribution in [0.25, 0.3) is 0 Å². The average molecular weight is 386 g/mol. The van der Waals surface area contributed by atoms with Crippen molar-refractivity contribution in [3.8, 4) is 5.75 Å². The predicted octanol–water partition coefficient (Wildman–Crippen LogP) is 4.75. The third-order valence-electron chi connectivity index (χ3n) is 3.33. The number of carboxylic acids is 1. The first kappa shape index (κ1) is 18.8. The van der Waals surface area contributed by atoms with E-state index in [1.165, 1.54) is 0 Å². The molecule has 0 amide bonds. The lowest BCUT2D eigenvalue weighted by Gasteiger charge is -2.22. The minimum atomic E-state index is -0.921. The number of aliphatic carboxylic acids is 1. The van der Waals surface area contributed by atoms with E-state index in [2.05, 4.69) is 0 Å². The van der Waals surface area contributed by atoms with Crippen molar-refractivity contribution in [2.45, 2.75) is 11.3 Å². The molecule has 1 aromatic rings. The summed E-state index contributed by atoms with van der Waals surface area (Å²) in [5.41, 5.74) is 0.717. The van der Waals surface area contributed by atoms with Crippen LogP contribution in [0.5, 0.6) is 5.75 Å². The van der Waals surface area contributed by atoms with Gasteiger partial charge in [0.25, 0.3) is 0 Å². The first-order valence-electron chi connectivity index (χ1n) is 7.12. The fraction of sp³-hybridized carbons (Fsp3) is 0.235. The Balaban J connectivity index is 2.38. The summed E-state index contributed by atoms with van der Waals surface area (Å²) in [5, 5.41) is 10.0. The van der Waals surface area contributed by atoms with E-state index in [9.17, 15) is 4.79 Å². The van der Waals surface area contributed by atoms with Crippen LogP contribution >= 0.6 is 35.0 Å². The second kappa shape index (κ2) is 8.51. The zero-order valence-electron chi connectivity index (χ0n) is 13.3. The smallest absolute Gasteiger partial charge is 0.323 e. The molecular formula is C17H17Cl2NO3S. The standard InChI is InChI=1S/C17H17Cl2NO3S/c1-20(10-17(21)22)14-5-3-4-11(18)8-16(14)23-15-7-6-12(24-2)9-13(15)19/h3-4,6-9H,5,10H2,1-2H3,(H,21,22). The maximum atomic E-state index is 11.0. The first-order chi connectivity index (χ1) is 11.4. The summed E-state index contributed by atoms with van der Waals surface area (Å²) in [6.45, 7) is -0.138.